The summed E-state index contributed by atoms with van der Waals surface area (Å²) in [6.45, 7) is 1.96. The third kappa shape index (κ3) is 1.70. The number of rotatable bonds is 1. The molecule has 3 aromatic carbocycles. The second kappa shape index (κ2) is 4.47. The first-order chi connectivity index (χ1) is 8.81. The average molecular weight is 253 g/mol. The van der Waals surface area contributed by atoms with Crippen molar-refractivity contribution in [1.29, 1.82) is 0 Å². The molecule has 3 rings (SSSR count). The van der Waals surface area contributed by atoms with Gasteiger partial charge in [0.15, 0.2) is 0 Å². The Kier molecular flexibility index (Phi) is 2.81. The number of halogens is 1. The molecule has 0 N–H and O–H groups in total. The molecule has 0 radical (unpaired) electrons. The van der Waals surface area contributed by atoms with Gasteiger partial charge >= 0.3 is 0 Å². The third-order valence-corrected chi connectivity index (χ3v) is 3.72. The van der Waals surface area contributed by atoms with Crippen LogP contribution in [0.4, 0.5) is 0 Å². The molecule has 0 unspecified atom stereocenters. The molecule has 0 atom stereocenters. The van der Waals surface area contributed by atoms with E-state index in [4.69, 9.17) is 11.6 Å². The molecule has 0 fully saturated rings. The van der Waals surface area contributed by atoms with Crippen LogP contribution in [0.3, 0.4) is 0 Å². The zero-order valence-corrected chi connectivity index (χ0v) is 10.9. The van der Waals surface area contributed by atoms with Crippen LogP contribution in [0.2, 0.25) is 0 Å². The first-order valence-electron chi connectivity index (χ1n) is 6.04. The molecule has 0 aliphatic carbocycles. The van der Waals surface area contributed by atoms with Crippen molar-refractivity contribution in [3.05, 3.63) is 66.2 Å². The van der Waals surface area contributed by atoms with Gasteiger partial charge in [-0.05, 0) is 28.5 Å². The highest BCUT2D eigenvalue weighted by atomic mass is 35.5. The van der Waals surface area contributed by atoms with E-state index in [1.165, 1.54) is 21.5 Å². The molecule has 18 heavy (non-hydrogen) atoms. The molecule has 0 saturated heterocycles. The topological polar surface area (TPSA) is 0 Å². The maximum absolute atomic E-state index is 6.28. The van der Waals surface area contributed by atoms with Crippen LogP contribution in [-0.2, 0) is 0 Å². The summed E-state index contributed by atoms with van der Waals surface area (Å²) < 4.78 is 0. The Morgan fingerprint density at radius 1 is 0.833 bits per heavy atom. The molecule has 0 bridgehead atoms. The number of hydrogen-bond acceptors (Lipinski definition) is 0. The van der Waals surface area contributed by atoms with E-state index in [9.17, 15) is 0 Å². The van der Waals surface area contributed by atoms with Crippen LogP contribution in [0.15, 0.2) is 60.7 Å². The molecule has 0 aromatic heterocycles. The van der Waals surface area contributed by atoms with E-state index in [0.717, 1.165) is 10.6 Å². The zero-order chi connectivity index (χ0) is 12.5. The molecule has 0 aliphatic heterocycles. The first-order valence-corrected chi connectivity index (χ1v) is 6.42. The van der Waals surface area contributed by atoms with E-state index in [1.807, 2.05) is 13.0 Å². The summed E-state index contributed by atoms with van der Waals surface area (Å²) in [6.07, 6.45) is 1.94. The largest absolute Gasteiger partial charge is 0.0840 e. The lowest BCUT2D eigenvalue weighted by atomic mass is 9.98. The summed E-state index contributed by atoms with van der Waals surface area (Å²) in [7, 11) is 0. The van der Waals surface area contributed by atoms with Gasteiger partial charge in [0.05, 0.1) is 0 Å². The molecular formula is C17H13Cl. The quantitative estimate of drug-likeness (QED) is 0.495. The number of fused-ring (bicyclic) bond motifs is 3. The minimum Gasteiger partial charge on any atom is -0.0840 e. The molecule has 88 valence electrons. The minimum absolute atomic E-state index is 0.802. The molecule has 0 spiro atoms. The van der Waals surface area contributed by atoms with Crippen molar-refractivity contribution in [3.8, 4) is 0 Å². The summed E-state index contributed by atoms with van der Waals surface area (Å²) in [4.78, 5) is 0. The van der Waals surface area contributed by atoms with E-state index in [2.05, 4.69) is 54.6 Å². The van der Waals surface area contributed by atoms with Crippen molar-refractivity contribution < 1.29 is 0 Å². The van der Waals surface area contributed by atoms with Crippen LogP contribution < -0.4 is 0 Å². The second-order valence-electron chi connectivity index (χ2n) is 4.32. The van der Waals surface area contributed by atoms with Gasteiger partial charge in [0.25, 0.3) is 0 Å². The van der Waals surface area contributed by atoms with Crippen molar-refractivity contribution >= 4 is 38.2 Å². The lowest BCUT2D eigenvalue weighted by molar-refractivity contribution is 1.69. The first kappa shape index (κ1) is 11.3. The van der Waals surface area contributed by atoms with E-state index < -0.39 is 0 Å². The Bertz CT molecular complexity index is 754. The van der Waals surface area contributed by atoms with E-state index >= 15 is 0 Å². The fraction of sp³-hybridized carbons (Fsp3) is 0.0588. The van der Waals surface area contributed by atoms with E-state index in [1.54, 1.807) is 0 Å². The monoisotopic (exact) mass is 252 g/mol. The van der Waals surface area contributed by atoms with Gasteiger partial charge in [0.2, 0.25) is 0 Å². The summed E-state index contributed by atoms with van der Waals surface area (Å²) in [5, 5.41) is 5.80. The molecule has 0 amide bonds. The van der Waals surface area contributed by atoms with Crippen LogP contribution in [0.1, 0.15) is 12.5 Å². The Morgan fingerprint density at radius 3 is 2.44 bits per heavy atom. The van der Waals surface area contributed by atoms with Gasteiger partial charge in [-0.1, -0.05) is 72.3 Å². The van der Waals surface area contributed by atoms with Gasteiger partial charge in [-0.25, -0.2) is 0 Å². The van der Waals surface area contributed by atoms with Gasteiger partial charge < -0.3 is 0 Å². The molecule has 1 heteroatoms. The van der Waals surface area contributed by atoms with Crippen molar-refractivity contribution in [1.82, 2.24) is 0 Å². The third-order valence-electron chi connectivity index (χ3n) is 3.30. The van der Waals surface area contributed by atoms with Crippen LogP contribution in [0.25, 0.3) is 26.6 Å². The van der Waals surface area contributed by atoms with Crippen molar-refractivity contribution in [3.63, 3.8) is 0 Å². The van der Waals surface area contributed by atoms with Gasteiger partial charge in [-0.2, -0.15) is 0 Å². The summed E-state index contributed by atoms with van der Waals surface area (Å²) in [6, 6.07) is 19.0. The summed E-state index contributed by atoms with van der Waals surface area (Å²) in [5.74, 6) is 0. The smallest absolute Gasteiger partial charge is 0.0441 e. The minimum atomic E-state index is 0.802. The van der Waals surface area contributed by atoms with Gasteiger partial charge in [-0.3, -0.25) is 0 Å². The highest BCUT2D eigenvalue weighted by molar-refractivity contribution is 6.49. The highest BCUT2D eigenvalue weighted by Gasteiger charge is 2.05. The van der Waals surface area contributed by atoms with Gasteiger partial charge in [0, 0.05) is 10.6 Å². The van der Waals surface area contributed by atoms with E-state index in [-0.39, 0.29) is 0 Å². The molecule has 0 heterocycles. The number of allylic oxidation sites excluding steroid dienone is 1. The molecular weight excluding hydrogens is 240 g/mol. The highest BCUT2D eigenvalue weighted by Crippen LogP contribution is 2.32. The zero-order valence-electron chi connectivity index (χ0n) is 10.2. The van der Waals surface area contributed by atoms with Crippen molar-refractivity contribution in [2.24, 2.45) is 0 Å². The van der Waals surface area contributed by atoms with Crippen LogP contribution >= 0.6 is 11.6 Å². The average Bonchev–Trinajstić information content (AvgIpc) is 2.45. The van der Waals surface area contributed by atoms with E-state index in [0.29, 0.717) is 0 Å². The maximum atomic E-state index is 6.28. The fourth-order valence-corrected chi connectivity index (χ4v) is 2.57. The number of hydrogen-bond donors (Lipinski definition) is 0. The SMILES string of the molecule is CC=C(Cl)c1cccc2c1ccc1ccccc12. The second-order valence-corrected chi connectivity index (χ2v) is 4.73. The molecule has 0 nitrogen and oxygen atoms in total. The van der Waals surface area contributed by atoms with Crippen LogP contribution in [-0.4, -0.2) is 0 Å². The number of benzene rings is 3. The predicted molar refractivity (Wildman–Crippen MR) is 81.0 cm³/mol. The molecule has 0 aliphatic rings. The van der Waals surface area contributed by atoms with Gasteiger partial charge in [0.1, 0.15) is 0 Å². The van der Waals surface area contributed by atoms with Crippen LogP contribution in [0.5, 0.6) is 0 Å². The van der Waals surface area contributed by atoms with Crippen molar-refractivity contribution in [2.45, 2.75) is 6.92 Å². The predicted octanol–water partition coefficient (Wildman–Crippen LogP) is 5.59. The van der Waals surface area contributed by atoms with Gasteiger partial charge in [-0.15, -0.1) is 0 Å². The Hall–Kier alpha value is -1.79. The Labute approximate surface area is 112 Å². The lowest BCUT2D eigenvalue weighted by Crippen LogP contribution is -1.83. The summed E-state index contributed by atoms with van der Waals surface area (Å²) >= 11 is 6.28. The lowest BCUT2D eigenvalue weighted by Gasteiger charge is -2.08. The van der Waals surface area contributed by atoms with Crippen LogP contribution in [0, 0.1) is 0 Å². The Morgan fingerprint density at radius 2 is 1.61 bits per heavy atom. The maximum Gasteiger partial charge on any atom is 0.0441 e. The standard InChI is InChI=1S/C17H13Cl/c1-2-17(18)16-9-5-8-14-13-7-4-3-6-12(13)10-11-15(14)16/h2-11H,1H3. The van der Waals surface area contributed by atoms with Crippen molar-refractivity contribution in [2.75, 3.05) is 0 Å². The molecule has 3 aromatic rings. The Balaban J connectivity index is 2.47. The fourth-order valence-electron chi connectivity index (χ4n) is 2.40. The molecule has 0 saturated carbocycles. The normalized spacial score (nSPS) is 12.2. The summed E-state index contributed by atoms with van der Waals surface area (Å²) in [5.41, 5.74) is 1.10.